The summed E-state index contributed by atoms with van der Waals surface area (Å²) in [5.74, 6) is -7.02. The zero-order valence-electron chi connectivity index (χ0n) is 21.2. The number of nitrogens with one attached hydrogen (secondary N) is 2. The van der Waals surface area contributed by atoms with Gasteiger partial charge < -0.3 is 10.6 Å². The van der Waals surface area contributed by atoms with E-state index < -0.39 is 83.3 Å². The Bertz CT molecular complexity index is 1350. The summed E-state index contributed by atoms with van der Waals surface area (Å²) >= 11 is 11.9. The number of hydrogen-bond acceptors (Lipinski definition) is 2. The SMILES string of the molecule is C=Cc1c(Cl)cc(C(/C=C(\F)c2ccc(C(=O)N[C@H](C)NC(=O)CCC(F)(F)F)c(C(F)(F)F)c2)C(F)(F)F)cc1Cl. The topological polar surface area (TPSA) is 58.2 Å². The first-order valence-electron chi connectivity index (χ1n) is 11.6. The monoisotopic (exact) mass is 652 g/mol. The van der Waals surface area contributed by atoms with Crippen molar-refractivity contribution < 1.29 is 53.5 Å². The van der Waals surface area contributed by atoms with Crippen LogP contribution in [-0.4, -0.2) is 30.3 Å². The largest absolute Gasteiger partial charge is 0.417 e. The molecular weight excluding hydrogens is 633 g/mol. The van der Waals surface area contributed by atoms with Crippen molar-refractivity contribution in [2.45, 2.75) is 50.4 Å². The Hall–Kier alpha value is -3.26. The molecule has 0 aliphatic carbocycles. The molecule has 42 heavy (non-hydrogen) atoms. The van der Waals surface area contributed by atoms with Crippen molar-refractivity contribution in [1.82, 2.24) is 10.6 Å². The summed E-state index contributed by atoms with van der Waals surface area (Å²) in [6.45, 7) is 4.48. The van der Waals surface area contributed by atoms with Crippen LogP contribution in [0.5, 0.6) is 0 Å². The Kier molecular flexibility index (Phi) is 11.1. The summed E-state index contributed by atoms with van der Waals surface area (Å²) in [6.07, 6.45) is -17.8. The second-order valence-corrected chi connectivity index (χ2v) is 9.59. The summed E-state index contributed by atoms with van der Waals surface area (Å²) in [7, 11) is 0. The van der Waals surface area contributed by atoms with E-state index in [-0.39, 0.29) is 27.8 Å². The van der Waals surface area contributed by atoms with E-state index in [9.17, 15) is 49.1 Å². The lowest BCUT2D eigenvalue weighted by Crippen LogP contribution is -2.46. The van der Waals surface area contributed by atoms with Crippen molar-refractivity contribution in [1.29, 1.82) is 0 Å². The Morgan fingerprint density at radius 2 is 1.52 bits per heavy atom. The normalized spacial score (nSPS) is 14.3. The average Bonchev–Trinajstić information content (AvgIpc) is 2.83. The minimum atomic E-state index is -5.30. The highest BCUT2D eigenvalue weighted by Crippen LogP contribution is 2.42. The van der Waals surface area contributed by atoms with Gasteiger partial charge in [-0.2, -0.15) is 39.5 Å². The zero-order valence-corrected chi connectivity index (χ0v) is 22.7. The molecule has 16 heteroatoms. The lowest BCUT2D eigenvalue weighted by Gasteiger charge is -2.20. The lowest BCUT2D eigenvalue weighted by atomic mass is 9.94. The number of alkyl halides is 9. The zero-order chi connectivity index (χ0) is 32.2. The van der Waals surface area contributed by atoms with Gasteiger partial charge in [0.25, 0.3) is 5.91 Å². The highest BCUT2D eigenvalue weighted by atomic mass is 35.5. The smallest absolute Gasteiger partial charge is 0.336 e. The molecule has 0 saturated carbocycles. The van der Waals surface area contributed by atoms with Gasteiger partial charge in [0.15, 0.2) is 0 Å². The number of amides is 2. The Morgan fingerprint density at radius 1 is 0.952 bits per heavy atom. The molecule has 0 aliphatic heterocycles. The first kappa shape index (κ1) is 34.9. The molecule has 2 aromatic rings. The third-order valence-electron chi connectivity index (χ3n) is 5.54. The molecule has 230 valence electrons. The third-order valence-corrected chi connectivity index (χ3v) is 6.16. The average molecular weight is 653 g/mol. The number of benzene rings is 2. The number of halogens is 12. The first-order chi connectivity index (χ1) is 19.1. The molecule has 0 radical (unpaired) electrons. The quantitative estimate of drug-likeness (QED) is 0.210. The second-order valence-electron chi connectivity index (χ2n) is 8.77. The second kappa shape index (κ2) is 13.4. The Morgan fingerprint density at radius 3 is 2.00 bits per heavy atom. The highest BCUT2D eigenvalue weighted by Gasteiger charge is 2.41. The fourth-order valence-electron chi connectivity index (χ4n) is 3.61. The van der Waals surface area contributed by atoms with Gasteiger partial charge in [-0.1, -0.05) is 41.9 Å². The summed E-state index contributed by atoms with van der Waals surface area (Å²) in [5, 5.41) is 3.41. The van der Waals surface area contributed by atoms with Crippen molar-refractivity contribution in [2.24, 2.45) is 0 Å². The lowest BCUT2D eigenvalue weighted by molar-refractivity contribution is -0.144. The number of allylic oxidation sites excluding steroid dienone is 1. The number of hydrogen-bond donors (Lipinski definition) is 2. The van der Waals surface area contributed by atoms with Crippen LogP contribution < -0.4 is 10.6 Å². The van der Waals surface area contributed by atoms with Crippen LogP contribution in [0.25, 0.3) is 11.9 Å². The molecule has 0 saturated heterocycles. The van der Waals surface area contributed by atoms with Gasteiger partial charge >= 0.3 is 18.5 Å². The molecular formula is C26H20Cl2F10N2O2. The van der Waals surface area contributed by atoms with Gasteiger partial charge in [-0.25, -0.2) is 4.39 Å². The van der Waals surface area contributed by atoms with Crippen LogP contribution in [0.2, 0.25) is 10.0 Å². The van der Waals surface area contributed by atoms with Gasteiger partial charge in [0.05, 0.1) is 23.7 Å². The minimum absolute atomic E-state index is 0.0172. The molecule has 0 fully saturated rings. The standard InChI is InChI=1S/C26H20Cl2F10N2O2/c1-3-15-19(27)9-14(10-20(15)28)17(25(33,34)35)11-21(29)13-4-5-16(18(8-13)26(36,37)38)23(42)40-12(2)39-22(41)6-7-24(30,31)32/h3-5,8-12,17H,1,6-7H2,2H3,(H,39,41)(H,40,42)/b21-11-/t12-,17?/m1/s1. The molecule has 0 aliphatic rings. The third kappa shape index (κ3) is 9.65. The molecule has 4 nitrogen and oxygen atoms in total. The van der Waals surface area contributed by atoms with E-state index in [0.717, 1.165) is 19.1 Å². The molecule has 2 amide bonds. The molecule has 0 heterocycles. The van der Waals surface area contributed by atoms with E-state index in [2.05, 4.69) is 6.58 Å². The number of carbonyl (C=O) groups is 2. The van der Waals surface area contributed by atoms with Crippen molar-refractivity contribution in [3.05, 3.63) is 80.8 Å². The molecule has 0 bridgehead atoms. The van der Waals surface area contributed by atoms with Crippen LogP contribution in [0.4, 0.5) is 43.9 Å². The van der Waals surface area contributed by atoms with Gasteiger partial charge in [0.1, 0.15) is 11.7 Å². The van der Waals surface area contributed by atoms with Gasteiger partial charge in [0.2, 0.25) is 5.91 Å². The number of rotatable bonds is 9. The maximum absolute atomic E-state index is 15.0. The van der Waals surface area contributed by atoms with E-state index in [1.807, 2.05) is 10.6 Å². The van der Waals surface area contributed by atoms with Crippen LogP contribution in [0.15, 0.2) is 43.0 Å². The molecule has 2 N–H and O–H groups in total. The summed E-state index contributed by atoms with van der Waals surface area (Å²) in [6, 6.07) is 2.93. The summed E-state index contributed by atoms with van der Waals surface area (Å²) in [4.78, 5) is 24.1. The van der Waals surface area contributed by atoms with E-state index in [4.69, 9.17) is 23.2 Å². The van der Waals surface area contributed by atoms with E-state index in [0.29, 0.717) is 12.1 Å². The number of carbonyl (C=O) groups excluding carboxylic acids is 2. The molecule has 2 aromatic carbocycles. The molecule has 2 atom stereocenters. The van der Waals surface area contributed by atoms with Crippen LogP contribution in [-0.2, 0) is 11.0 Å². The van der Waals surface area contributed by atoms with E-state index in [1.54, 1.807) is 0 Å². The molecule has 2 rings (SSSR count). The predicted octanol–water partition coefficient (Wildman–Crippen LogP) is 8.85. The Balaban J connectivity index is 2.41. The van der Waals surface area contributed by atoms with Gasteiger partial charge in [-0.05, 0) is 42.8 Å². The van der Waals surface area contributed by atoms with Crippen molar-refractivity contribution in [3.63, 3.8) is 0 Å². The summed E-state index contributed by atoms with van der Waals surface area (Å²) in [5.41, 5.74) is -4.30. The van der Waals surface area contributed by atoms with Crippen LogP contribution in [0, 0.1) is 0 Å². The first-order valence-corrected chi connectivity index (χ1v) is 12.3. The molecule has 0 spiro atoms. The molecule has 0 aromatic heterocycles. The van der Waals surface area contributed by atoms with Crippen LogP contribution >= 0.6 is 23.2 Å². The van der Waals surface area contributed by atoms with Gasteiger partial charge in [-0.3, -0.25) is 9.59 Å². The molecule has 1 unspecified atom stereocenters. The highest BCUT2D eigenvalue weighted by molar-refractivity contribution is 6.37. The fourth-order valence-corrected chi connectivity index (χ4v) is 4.26. The van der Waals surface area contributed by atoms with Crippen LogP contribution in [0.3, 0.4) is 0 Å². The van der Waals surface area contributed by atoms with Crippen molar-refractivity contribution in [2.75, 3.05) is 0 Å². The van der Waals surface area contributed by atoms with Crippen molar-refractivity contribution in [3.8, 4) is 0 Å². The van der Waals surface area contributed by atoms with Crippen molar-refractivity contribution >= 4 is 46.9 Å². The minimum Gasteiger partial charge on any atom is -0.336 e. The maximum Gasteiger partial charge on any atom is 0.417 e. The van der Waals surface area contributed by atoms with Gasteiger partial charge in [-0.15, -0.1) is 0 Å². The van der Waals surface area contributed by atoms with E-state index in [1.165, 1.54) is 6.08 Å². The van der Waals surface area contributed by atoms with Crippen LogP contribution in [0.1, 0.15) is 58.3 Å². The predicted molar refractivity (Wildman–Crippen MR) is 136 cm³/mol. The maximum atomic E-state index is 15.0. The van der Waals surface area contributed by atoms with E-state index >= 15 is 4.39 Å². The Labute approximate surface area is 242 Å². The summed E-state index contributed by atoms with van der Waals surface area (Å²) < 4.78 is 135. The van der Waals surface area contributed by atoms with Gasteiger partial charge in [0, 0.05) is 27.6 Å². The fraction of sp³-hybridized carbons (Fsp3) is 0.308.